The van der Waals surface area contributed by atoms with Gasteiger partial charge in [-0.15, -0.1) is 0 Å². The highest BCUT2D eigenvalue weighted by Crippen LogP contribution is 2.33. The van der Waals surface area contributed by atoms with Crippen molar-refractivity contribution in [1.82, 2.24) is 10.3 Å². The van der Waals surface area contributed by atoms with Gasteiger partial charge < -0.3 is 19.5 Å². The minimum Gasteiger partial charge on any atom is -0.497 e. The van der Waals surface area contributed by atoms with Crippen molar-refractivity contribution in [2.75, 3.05) is 20.3 Å². The third-order valence-electron chi connectivity index (χ3n) is 4.22. The summed E-state index contributed by atoms with van der Waals surface area (Å²) in [5.74, 6) is 2.42. The zero-order valence-electron chi connectivity index (χ0n) is 14.0. The van der Waals surface area contributed by atoms with Crippen molar-refractivity contribution in [3.05, 3.63) is 42.5 Å². The standard InChI is InChI=1S/C19H20N2O3S/c1-22-16-8-9-17-18(11-16)25-19(21-17)24-15-6-4-14(5-7-15)23-12-13-3-2-10-20-13/h4-9,11,13,20H,2-3,10,12H2,1H3. The largest absolute Gasteiger partial charge is 0.497 e. The van der Waals surface area contributed by atoms with Crippen molar-refractivity contribution in [3.8, 4) is 22.4 Å². The van der Waals surface area contributed by atoms with Gasteiger partial charge in [-0.1, -0.05) is 11.3 Å². The molecule has 1 aliphatic rings. The number of nitrogens with zero attached hydrogens (tertiary/aromatic N) is 1. The van der Waals surface area contributed by atoms with Crippen LogP contribution in [0.25, 0.3) is 10.2 Å². The molecule has 5 nitrogen and oxygen atoms in total. The first-order valence-corrected chi connectivity index (χ1v) is 9.20. The maximum absolute atomic E-state index is 5.87. The van der Waals surface area contributed by atoms with E-state index in [0.29, 0.717) is 17.8 Å². The summed E-state index contributed by atoms with van der Waals surface area (Å²) in [5.41, 5.74) is 0.907. The summed E-state index contributed by atoms with van der Waals surface area (Å²) < 4.78 is 18.0. The molecular weight excluding hydrogens is 336 g/mol. The number of methoxy groups -OCH3 is 1. The number of hydrogen-bond donors (Lipinski definition) is 1. The van der Waals surface area contributed by atoms with E-state index < -0.39 is 0 Å². The molecule has 1 saturated heterocycles. The van der Waals surface area contributed by atoms with E-state index in [9.17, 15) is 0 Å². The average Bonchev–Trinajstić information content (AvgIpc) is 3.29. The van der Waals surface area contributed by atoms with Crippen LogP contribution in [0.5, 0.6) is 22.4 Å². The first-order valence-electron chi connectivity index (χ1n) is 8.39. The molecule has 6 heteroatoms. The van der Waals surface area contributed by atoms with Crippen molar-refractivity contribution in [1.29, 1.82) is 0 Å². The Balaban J connectivity index is 1.40. The molecule has 1 fully saturated rings. The van der Waals surface area contributed by atoms with Crippen molar-refractivity contribution in [2.24, 2.45) is 0 Å². The third kappa shape index (κ3) is 3.86. The molecule has 4 rings (SSSR count). The summed E-state index contributed by atoms with van der Waals surface area (Å²) in [6.07, 6.45) is 2.42. The fraction of sp³-hybridized carbons (Fsp3) is 0.316. The first-order chi connectivity index (χ1) is 12.3. The number of nitrogens with one attached hydrogen (secondary N) is 1. The molecule has 0 saturated carbocycles. The molecule has 130 valence electrons. The zero-order valence-corrected chi connectivity index (χ0v) is 14.8. The van der Waals surface area contributed by atoms with Crippen LogP contribution in [0.1, 0.15) is 12.8 Å². The molecule has 2 heterocycles. The molecule has 25 heavy (non-hydrogen) atoms. The molecule has 1 atom stereocenters. The van der Waals surface area contributed by atoms with E-state index in [4.69, 9.17) is 14.2 Å². The molecule has 0 amide bonds. The van der Waals surface area contributed by atoms with E-state index in [2.05, 4.69) is 10.3 Å². The minimum absolute atomic E-state index is 0.468. The molecule has 1 unspecified atom stereocenters. The smallest absolute Gasteiger partial charge is 0.279 e. The Morgan fingerprint density at radius 2 is 1.92 bits per heavy atom. The summed E-state index contributed by atoms with van der Waals surface area (Å²) >= 11 is 1.50. The topological polar surface area (TPSA) is 52.6 Å². The lowest BCUT2D eigenvalue weighted by atomic mass is 10.2. The van der Waals surface area contributed by atoms with Gasteiger partial charge in [0.15, 0.2) is 0 Å². The van der Waals surface area contributed by atoms with Gasteiger partial charge in [-0.25, -0.2) is 4.98 Å². The highest BCUT2D eigenvalue weighted by atomic mass is 32.1. The van der Waals surface area contributed by atoms with Gasteiger partial charge in [-0.3, -0.25) is 0 Å². The van der Waals surface area contributed by atoms with Crippen LogP contribution in [0.15, 0.2) is 42.5 Å². The molecule has 2 aromatic carbocycles. The van der Waals surface area contributed by atoms with Gasteiger partial charge in [-0.05, 0) is 61.9 Å². The second-order valence-corrected chi connectivity index (χ2v) is 6.98. The quantitative estimate of drug-likeness (QED) is 0.716. The molecule has 0 bridgehead atoms. The second kappa shape index (κ2) is 7.29. The van der Waals surface area contributed by atoms with Crippen molar-refractivity contribution in [2.45, 2.75) is 18.9 Å². The van der Waals surface area contributed by atoms with Gasteiger partial charge in [0.25, 0.3) is 5.19 Å². The molecular formula is C19H20N2O3S. The van der Waals surface area contributed by atoms with Gasteiger partial charge >= 0.3 is 0 Å². The van der Waals surface area contributed by atoms with Crippen molar-refractivity contribution >= 4 is 21.6 Å². The minimum atomic E-state index is 0.468. The lowest BCUT2D eigenvalue weighted by molar-refractivity contribution is 0.277. The normalized spacial score (nSPS) is 16.9. The van der Waals surface area contributed by atoms with Crippen molar-refractivity contribution < 1.29 is 14.2 Å². The summed E-state index contributed by atoms with van der Waals surface area (Å²) in [6.45, 7) is 1.80. The number of aromatic nitrogens is 1. The predicted octanol–water partition coefficient (Wildman–Crippen LogP) is 4.23. The number of benzene rings is 2. The van der Waals surface area contributed by atoms with Gasteiger partial charge in [0.2, 0.25) is 0 Å². The van der Waals surface area contributed by atoms with Crippen LogP contribution in [-0.4, -0.2) is 31.3 Å². The van der Waals surface area contributed by atoms with Crippen LogP contribution >= 0.6 is 11.3 Å². The summed E-state index contributed by atoms with van der Waals surface area (Å²) in [4.78, 5) is 4.50. The lowest BCUT2D eigenvalue weighted by Gasteiger charge is -2.12. The molecule has 0 radical (unpaired) electrons. The van der Waals surface area contributed by atoms with Crippen LogP contribution in [-0.2, 0) is 0 Å². The zero-order chi connectivity index (χ0) is 17.1. The first kappa shape index (κ1) is 16.2. The van der Waals surface area contributed by atoms with Crippen LogP contribution in [0.4, 0.5) is 0 Å². The van der Waals surface area contributed by atoms with E-state index in [1.165, 1.54) is 24.2 Å². The number of hydrogen-bond acceptors (Lipinski definition) is 6. The van der Waals surface area contributed by atoms with E-state index in [0.717, 1.165) is 34.0 Å². The number of fused-ring (bicyclic) bond motifs is 1. The van der Waals surface area contributed by atoms with Gasteiger partial charge in [0, 0.05) is 6.04 Å². The van der Waals surface area contributed by atoms with Crippen LogP contribution in [0.2, 0.25) is 0 Å². The Morgan fingerprint density at radius 3 is 2.68 bits per heavy atom. The predicted molar refractivity (Wildman–Crippen MR) is 99.2 cm³/mol. The van der Waals surface area contributed by atoms with Crippen LogP contribution in [0, 0.1) is 0 Å². The van der Waals surface area contributed by atoms with E-state index >= 15 is 0 Å². The summed E-state index contributed by atoms with van der Waals surface area (Å²) in [6, 6.07) is 13.9. The maximum Gasteiger partial charge on any atom is 0.279 e. The number of rotatable bonds is 6. The van der Waals surface area contributed by atoms with Gasteiger partial charge in [-0.2, -0.15) is 0 Å². The van der Waals surface area contributed by atoms with Gasteiger partial charge in [0.05, 0.1) is 17.3 Å². The molecule has 1 aromatic heterocycles. The fourth-order valence-corrected chi connectivity index (χ4v) is 3.72. The van der Waals surface area contributed by atoms with E-state index in [1.807, 2.05) is 42.5 Å². The molecule has 0 aliphatic carbocycles. The number of thiazole rings is 1. The summed E-state index contributed by atoms with van der Waals surface area (Å²) in [5, 5.41) is 4.04. The average molecular weight is 356 g/mol. The highest BCUT2D eigenvalue weighted by Gasteiger charge is 2.14. The molecule has 3 aromatic rings. The van der Waals surface area contributed by atoms with E-state index in [-0.39, 0.29) is 0 Å². The Morgan fingerprint density at radius 1 is 1.12 bits per heavy atom. The maximum atomic E-state index is 5.87. The Bertz CT molecular complexity index is 842. The summed E-state index contributed by atoms with van der Waals surface area (Å²) in [7, 11) is 1.66. The lowest BCUT2D eigenvalue weighted by Crippen LogP contribution is -2.28. The van der Waals surface area contributed by atoms with E-state index in [1.54, 1.807) is 7.11 Å². The monoisotopic (exact) mass is 356 g/mol. The Hall–Kier alpha value is -2.31. The third-order valence-corrected chi connectivity index (χ3v) is 5.11. The molecule has 1 N–H and O–H groups in total. The SMILES string of the molecule is COc1ccc2nc(Oc3ccc(OCC4CCCN4)cc3)sc2c1. The Labute approximate surface area is 150 Å². The molecule has 0 spiro atoms. The van der Waals surface area contributed by atoms with Crippen LogP contribution in [0.3, 0.4) is 0 Å². The molecule has 1 aliphatic heterocycles. The second-order valence-electron chi connectivity index (χ2n) is 5.99. The highest BCUT2D eigenvalue weighted by molar-refractivity contribution is 7.20. The van der Waals surface area contributed by atoms with Crippen LogP contribution < -0.4 is 19.5 Å². The van der Waals surface area contributed by atoms with Crippen molar-refractivity contribution in [3.63, 3.8) is 0 Å². The fourth-order valence-electron chi connectivity index (χ4n) is 2.85. The van der Waals surface area contributed by atoms with Gasteiger partial charge in [0.1, 0.15) is 23.9 Å². The number of ether oxygens (including phenoxy) is 3. The Kier molecular flexibility index (Phi) is 4.72.